The molecule has 0 amide bonds. The molecule has 0 saturated heterocycles. The highest BCUT2D eigenvalue weighted by Crippen LogP contribution is 2.27. The molecule has 7 heteroatoms. The summed E-state index contributed by atoms with van der Waals surface area (Å²) in [6, 6.07) is 4.75. The molecule has 102 valence electrons. The van der Waals surface area contributed by atoms with E-state index in [1.165, 1.54) is 17.8 Å². The lowest BCUT2D eigenvalue weighted by Crippen LogP contribution is -2.31. The summed E-state index contributed by atoms with van der Waals surface area (Å²) in [4.78, 5) is 1.06. The molecule has 0 fully saturated rings. The third-order valence-electron chi connectivity index (χ3n) is 2.28. The fourth-order valence-electron chi connectivity index (χ4n) is 1.35. The van der Waals surface area contributed by atoms with Gasteiger partial charge in [-0.1, -0.05) is 18.5 Å². The zero-order valence-electron chi connectivity index (χ0n) is 10.4. The highest BCUT2D eigenvalue weighted by atomic mass is 35.5. The van der Waals surface area contributed by atoms with Crippen molar-refractivity contribution in [3.05, 3.63) is 23.2 Å². The lowest BCUT2D eigenvalue weighted by atomic mass is 10.4. The number of sulfonamides is 1. The van der Waals surface area contributed by atoms with Crippen molar-refractivity contribution in [3.63, 3.8) is 0 Å². The van der Waals surface area contributed by atoms with E-state index in [9.17, 15) is 8.42 Å². The molecule has 18 heavy (non-hydrogen) atoms. The van der Waals surface area contributed by atoms with Crippen molar-refractivity contribution < 1.29 is 8.42 Å². The Morgan fingerprint density at radius 1 is 1.33 bits per heavy atom. The molecular weight excluding hydrogens is 292 g/mol. The molecule has 0 aliphatic rings. The van der Waals surface area contributed by atoms with Crippen molar-refractivity contribution in [1.29, 1.82) is 0 Å². The first-order valence-corrected chi connectivity index (χ1v) is 8.63. The van der Waals surface area contributed by atoms with Crippen LogP contribution in [0.4, 0.5) is 0 Å². The largest absolute Gasteiger partial charge is 0.316 e. The molecular formula is C11H17ClN2O2S2. The Morgan fingerprint density at radius 2 is 2.06 bits per heavy atom. The van der Waals surface area contributed by atoms with Gasteiger partial charge in [0.25, 0.3) is 0 Å². The molecule has 1 aromatic rings. The topological polar surface area (TPSA) is 58.2 Å². The lowest BCUT2D eigenvalue weighted by molar-refractivity contribution is 0.577. The molecule has 0 heterocycles. The van der Waals surface area contributed by atoms with Gasteiger partial charge in [0.05, 0.1) is 9.92 Å². The Bertz CT molecular complexity index is 492. The van der Waals surface area contributed by atoms with Crippen molar-refractivity contribution in [2.75, 3.05) is 25.9 Å². The van der Waals surface area contributed by atoms with Crippen LogP contribution < -0.4 is 10.0 Å². The van der Waals surface area contributed by atoms with Crippen LogP contribution in [0.5, 0.6) is 0 Å². The normalized spacial score (nSPS) is 11.7. The first-order valence-electron chi connectivity index (χ1n) is 5.55. The summed E-state index contributed by atoms with van der Waals surface area (Å²) in [5.41, 5.74) is 0. The van der Waals surface area contributed by atoms with Gasteiger partial charge in [0.2, 0.25) is 10.0 Å². The quantitative estimate of drug-likeness (QED) is 0.597. The number of thioether (sulfide) groups is 1. The minimum Gasteiger partial charge on any atom is -0.316 e. The van der Waals surface area contributed by atoms with Gasteiger partial charge in [0, 0.05) is 18.0 Å². The Kier molecular flexibility index (Phi) is 6.45. The van der Waals surface area contributed by atoms with E-state index in [2.05, 4.69) is 10.0 Å². The molecule has 0 aliphatic heterocycles. The van der Waals surface area contributed by atoms with E-state index < -0.39 is 10.0 Å². The van der Waals surface area contributed by atoms with E-state index >= 15 is 0 Å². The number of nitrogens with one attached hydrogen (secondary N) is 2. The van der Waals surface area contributed by atoms with E-state index in [1.54, 1.807) is 12.1 Å². The summed E-state index contributed by atoms with van der Waals surface area (Å²) in [5, 5.41) is 3.50. The smallest absolute Gasteiger partial charge is 0.240 e. The Balaban J connectivity index is 2.76. The number of hydrogen-bond acceptors (Lipinski definition) is 4. The van der Waals surface area contributed by atoms with Crippen LogP contribution in [0.2, 0.25) is 5.02 Å². The first-order chi connectivity index (χ1) is 8.51. The van der Waals surface area contributed by atoms with Crippen LogP contribution in [-0.2, 0) is 10.0 Å². The molecule has 0 spiro atoms. The van der Waals surface area contributed by atoms with Gasteiger partial charge in [-0.3, -0.25) is 0 Å². The summed E-state index contributed by atoms with van der Waals surface area (Å²) >= 11 is 7.48. The standard InChI is InChI=1S/C11H17ClN2O2S2/c1-3-13-6-7-14-18(15,16)9-4-5-11(17-2)10(12)8-9/h4-5,8,13-14H,3,6-7H2,1-2H3. The summed E-state index contributed by atoms with van der Waals surface area (Å²) in [7, 11) is -3.47. The fraction of sp³-hybridized carbons (Fsp3) is 0.455. The summed E-state index contributed by atoms with van der Waals surface area (Å²) in [6.07, 6.45) is 1.89. The van der Waals surface area contributed by atoms with Gasteiger partial charge in [-0.2, -0.15) is 0 Å². The third kappa shape index (κ3) is 4.44. The third-order valence-corrected chi connectivity index (χ3v) is 4.96. The number of benzene rings is 1. The second-order valence-corrected chi connectivity index (χ2v) is 6.57. The molecule has 1 rings (SSSR count). The number of rotatable bonds is 7. The van der Waals surface area contributed by atoms with Crippen molar-refractivity contribution in [2.45, 2.75) is 16.7 Å². The van der Waals surface area contributed by atoms with Crippen molar-refractivity contribution in [1.82, 2.24) is 10.0 Å². The summed E-state index contributed by atoms with van der Waals surface area (Å²) < 4.78 is 26.4. The van der Waals surface area contributed by atoms with Crippen LogP contribution in [0, 0.1) is 0 Å². The molecule has 0 saturated carbocycles. The minimum atomic E-state index is -3.47. The van der Waals surface area contributed by atoms with Crippen LogP contribution in [0.25, 0.3) is 0 Å². The van der Waals surface area contributed by atoms with Gasteiger partial charge < -0.3 is 5.32 Å². The Hall–Kier alpha value is -0.270. The van der Waals surface area contributed by atoms with Crippen LogP contribution >= 0.6 is 23.4 Å². The van der Waals surface area contributed by atoms with Crippen LogP contribution in [-0.4, -0.2) is 34.3 Å². The average Bonchev–Trinajstić information content (AvgIpc) is 2.34. The SMILES string of the molecule is CCNCCNS(=O)(=O)c1ccc(SC)c(Cl)c1. The van der Waals surface area contributed by atoms with Gasteiger partial charge >= 0.3 is 0 Å². The van der Waals surface area contributed by atoms with Crippen LogP contribution in [0.3, 0.4) is 0 Å². The number of hydrogen-bond donors (Lipinski definition) is 2. The zero-order chi connectivity index (χ0) is 13.6. The molecule has 0 aliphatic carbocycles. The lowest BCUT2D eigenvalue weighted by Gasteiger charge is -2.08. The molecule has 0 atom stereocenters. The Labute approximate surface area is 118 Å². The fourth-order valence-corrected chi connectivity index (χ4v) is 3.34. The minimum absolute atomic E-state index is 0.196. The maximum atomic E-state index is 11.9. The van der Waals surface area contributed by atoms with E-state index in [4.69, 9.17) is 11.6 Å². The van der Waals surface area contributed by atoms with E-state index in [1.807, 2.05) is 13.2 Å². The second kappa shape index (κ2) is 7.35. The second-order valence-electron chi connectivity index (χ2n) is 3.55. The maximum Gasteiger partial charge on any atom is 0.240 e. The summed E-state index contributed by atoms with van der Waals surface area (Å²) in [5.74, 6) is 0. The predicted molar refractivity (Wildman–Crippen MR) is 77.0 cm³/mol. The van der Waals surface area contributed by atoms with Crippen molar-refractivity contribution in [3.8, 4) is 0 Å². The van der Waals surface area contributed by atoms with Crippen molar-refractivity contribution >= 4 is 33.4 Å². The molecule has 0 radical (unpaired) electrons. The van der Waals surface area contributed by atoms with E-state index in [0.717, 1.165) is 11.4 Å². The van der Waals surface area contributed by atoms with Gasteiger partial charge in [-0.15, -0.1) is 11.8 Å². The number of halogens is 1. The number of likely N-dealkylation sites (N-methyl/N-ethyl adjacent to an activating group) is 1. The van der Waals surface area contributed by atoms with Crippen LogP contribution in [0.15, 0.2) is 28.0 Å². The Morgan fingerprint density at radius 3 is 2.61 bits per heavy atom. The van der Waals surface area contributed by atoms with Crippen molar-refractivity contribution in [2.24, 2.45) is 0 Å². The highest BCUT2D eigenvalue weighted by molar-refractivity contribution is 7.98. The maximum absolute atomic E-state index is 11.9. The van der Waals surface area contributed by atoms with Gasteiger partial charge in [0.15, 0.2) is 0 Å². The first kappa shape index (κ1) is 15.8. The van der Waals surface area contributed by atoms with Crippen LogP contribution in [0.1, 0.15) is 6.92 Å². The summed E-state index contributed by atoms with van der Waals surface area (Å²) in [6.45, 7) is 3.75. The molecule has 0 bridgehead atoms. The predicted octanol–water partition coefficient (Wildman–Crippen LogP) is 1.95. The van der Waals surface area contributed by atoms with E-state index in [-0.39, 0.29) is 4.90 Å². The molecule has 1 aromatic carbocycles. The molecule has 0 aromatic heterocycles. The van der Waals surface area contributed by atoms with Gasteiger partial charge in [-0.25, -0.2) is 13.1 Å². The molecule has 0 unspecified atom stereocenters. The van der Waals surface area contributed by atoms with Gasteiger partial charge in [-0.05, 0) is 31.0 Å². The zero-order valence-corrected chi connectivity index (χ0v) is 12.8. The van der Waals surface area contributed by atoms with Gasteiger partial charge in [0.1, 0.15) is 0 Å². The average molecular weight is 309 g/mol. The highest BCUT2D eigenvalue weighted by Gasteiger charge is 2.14. The molecule has 2 N–H and O–H groups in total. The molecule has 4 nitrogen and oxygen atoms in total. The van der Waals surface area contributed by atoms with E-state index in [0.29, 0.717) is 18.1 Å². The monoisotopic (exact) mass is 308 g/mol.